The SMILES string of the molecule is O=C(NCCc1ccc(F)cc1)c1cc(C=Cc2cc(O)ccc2O)ccc1O. The number of hydrogen-bond acceptors (Lipinski definition) is 4. The van der Waals surface area contributed by atoms with Crippen LogP contribution in [0.1, 0.15) is 27.0 Å². The van der Waals surface area contributed by atoms with Gasteiger partial charge in [0, 0.05) is 12.1 Å². The van der Waals surface area contributed by atoms with Gasteiger partial charge >= 0.3 is 0 Å². The number of rotatable bonds is 6. The van der Waals surface area contributed by atoms with Crippen LogP contribution in [0.3, 0.4) is 0 Å². The Morgan fingerprint density at radius 2 is 1.62 bits per heavy atom. The summed E-state index contributed by atoms with van der Waals surface area (Å²) in [6.07, 6.45) is 3.78. The van der Waals surface area contributed by atoms with Gasteiger partial charge in [0.1, 0.15) is 23.1 Å². The standard InChI is InChI=1S/C23H20FNO4/c24-18-6-2-15(3-7-18)11-12-25-23(29)20-13-16(4-9-22(20)28)1-5-17-14-19(26)8-10-21(17)27/h1-10,13-14,26-28H,11-12H2,(H,25,29). The van der Waals surface area contributed by atoms with Crippen LogP contribution in [0.5, 0.6) is 17.2 Å². The quantitative estimate of drug-likeness (QED) is 0.375. The monoisotopic (exact) mass is 393 g/mol. The highest BCUT2D eigenvalue weighted by Gasteiger charge is 2.11. The number of carbonyl (C=O) groups excluding carboxylic acids is 1. The van der Waals surface area contributed by atoms with Gasteiger partial charge < -0.3 is 20.6 Å². The summed E-state index contributed by atoms with van der Waals surface area (Å²) in [7, 11) is 0. The van der Waals surface area contributed by atoms with E-state index >= 15 is 0 Å². The highest BCUT2D eigenvalue weighted by atomic mass is 19.1. The smallest absolute Gasteiger partial charge is 0.255 e. The van der Waals surface area contributed by atoms with E-state index in [2.05, 4.69) is 5.32 Å². The average Bonchev–Trinajstić information content (AvgIpc) is 2.71. The average molecular weight is 393 g/mol. The van der Waals surface area contributed by atoms with Gasteiger partial charge in [0.2, 0.25) is 0 Å². The van der Waals surface area contributed by atoms with Gasteiger partial charge in [0.25, 0.3) is 5.91 Å². The predicted molar refractivity (Wildman–Crippen MR) is 109 cm³/mol. The molecule has 0 aliphatic heterocycles. The van der Waals surface area contributed by atoms with Gasteiger partial charge in [-0.1, -0.05) is 30.4 Å². The zero-order valence-corrected chi connectivity index (χ0v) is 15.5. The number of nitrogens with one attached hydrogen (secondary N) is 1. The van der Waals surface area contributed by atoms with Crippen LogP contribution in [0.15, 0.2) is 60.7 Å². The van der Waals surface area contributed by atoms with Gasteiger partial charge in [-0.05, 0) is 60.0 Å². The third-order valence-electron chi connectivity index (χ3n) is 4.34. The molecule has 3 aromatic rings. The highest BCUT2D eigenvalue weighted by molar-refractivity contribution is 5.97. The van der Waals surface area contributed by atoms with Gasteiger partial charge in [-0.3, -0.25) is 4.79 Å². The molecule has 3 aromatic carbocycles. The second-order valence-corrected chi connectivity index (χ2v) is 6.49. The molecule has 1 amide bonds. The highest BCUT2D eigenvalue weighted by Crippen LogP contribution is 2.25. The number of halogens is 1. The van der Waals surface area contributed by atoms with Crippen molar-refractivity contribution < 1.29 is 24.5 Å². The molecule has 0 unspecified atom stereocenters. The number of phenols is 3. The van der Waals surface area contributed by atoms with Crippen LogP contribution in [0, 0.1) is 5.82 Å². The summed E-state index contributed by atoms with van der Waals surface area (Å²) >= 11 is 0. The Morgan fingerprint density at radius 3 is 2.38 bits per heavy atom. The first-order valence-electron chi connectivity index (χ1n) is 8.98. The molecular weight excluding hydrogens is 373 g/mol. The van der Waals surface area contributed by atoms with E-state index < -0.39 is 5.91 Å². The molecule has 0 fully saturated rings. The molecule has 5 nitrogen and oxygen atoms in total. The van der Waals surface area contributed by atoms with Gasteiger partial charge in [-0.25, -0.2) is 4.39 Å². The summed E-state index contributed by atoms with van der Waals surface area (Å²) in [6, 6.07) is 14.8. The lowest BCUT2D eigenvalue weighted by Crippen LogP contribution is -2.25. The van der Waals surface area contributed by atoms with Crippen LogP contribution in [-0.4, -0.2) is 27.8 Å². The van der Waals surface area contributed by atoms with Crippen LogP contribution in [0.25, 0.3) is 12.2 Å². The fourth-order valence-corrected chi connectivity index (χ4v) is 2.77. The molecule has 0 bridgehead atoms. The van der Waals surface area contributed by atoms with Crippen molar-refractivity contribution in [1.29, 1.82) is 0 Å². The lowest BCUT2D eigenvalue weighted by Gasteiger charge is -2.08. The van der Waals surface area contributed by atoms with E-state index in [1.54, 1.807) is 30.4 Å². The molecule has 3 rings (SSSR count). The topological polar surface area (TPSA) is 89.8 Å². The second kappa shape index (κ2) is 8.93. The van der Waals surface area contributed by atoms with E-state index in [-0.39, 0.29) is 28.6 Å². The van der Waals surface area contributed by atoms with Crippen LogP contribution in [0.2, 0.25) is 0 Å². The Balaban J connectivity index is 1.67. The van der Waals surface area contributed by atoms with E-state index in [0.717, 1.165) is 5.56 Å². The molecule has 0 heterocycles. The summed E-state index contributed by atoms with van der Waals surface area (Å²) in [4.78, 5) is 12.4. The molecule has 0 radical (unpaired) electrons. The van der Waals surface area contributed by atoms with E-state index in [9.17, 15) is 24.5 Å². The number of amides is 1. The van der Waals surface area contributed by atoms with Crippen LogP contribution >= 0.6 is 0 Å². The first-order valence-corrected chi connectivity index (χ1v) is 8.98. The first kappa shape index (κ1) is 19.9. The summed E-state index contributed by atoms with van der Waals surface area (Å²) < 4.78 is 12.9. The number of aromatic hydroxyl groups is 3. The Hall–Kier alpha value is -3.80. The number of benzene rings is 3. The molecule has 0 saturated heterocycles. The molecule has 148 valence electrons. The Labute approximate surface area is 167 Å². The normalized spacial score (nSPS) is 10.9. The van der Waals surface area contributed by atoms with Gasteiger partial charge in [0.15, 0.2) is 0 Å². The lowest BCUT2D eigenvalue weighted by atomic mass is 10.1. The predicted octanol–water partition coefficient (Wildman–Crippen LogP) is 4.09. The van der Waals surface area contributed by atoms with Crippen molar-refractivity contribution in [2.45, 2.75) is 6.42 Å². The molecule has 29 heavy (non-hydrogen) atoms. The fourth-order valence-electron chi connectivity index (χ4n) is 2.77. The molecule has 0 atom stereocenters. The third kappa shape index (κ3) is 5.35. The molecule has 0 saturated carbocycles. The number of hydrogen-bond donors (Lipinski definition) is 4. The number of carbonyl (C=O) groups is 1. The molecule has 0 aromatic heterocycles. The third-order valence-corrected chi connectivity index (χ3v) is 4.34. The van der Waals surface area contributed by atoms with E-state index in [1.165, 1.54) is 42.5 Å². The van der Waals surface area contributed by atoms with Crippen molar-refractivity contribution in [2.24, 2.45) is 0 Å². The van der Waals surface area contributed by atoms with Gasteiger partial charge in [-0.15, -0.1) is 0 Å². The van der Waals surface area contributed by atoms with E-state index in [0.29, 0.717) is 24.1 Å². The summed E-state index contributed by atoms with van der Waals surface area (Å²) in [5.74, 6) is -0.862. The molecule has 6 heteroatoms. The summed E-state index contributed by atoms with van der Waals surface area (Å²) in [6.45, 7) is 0.334. The molecular formula is C23H20FNO4. The zero-order valence-electron chi connectivity index (χ0n) is 15.5. The summed E-state index contributed by atoms with van der Waals surface area (Å²) in [5.41, 5.74) is 2.06. The molecule has 0 aliphatic rings. The van der Waals surface area contributed by atoms with Crippen LogP contribution in [0.4, 0.5) is 4.39 Å². The maximum atomic E-state index is 12.9. The number of phenolic OH excluding ortho intramolecular Hbond substituents is 3. The van der Waals surface area contributed by atoms with Crippen molar-refractivity contribution >= 4 is 18.1 Å². The second-order valence-electron chi connectivity index (χ2n) is 6.49. The lowest BCUT2D eigenvalue weighted by molar-refractivity contribution is 0.0951. The first-order chi connectivity index (χ1) is 13.9. The van der Waals surface area contributed by atoms with Crippen molar-refractivity contribution in [1.82, 2.24) is 5.32 Å². The molecule has 0 spiro atoms. The Kier molecular flexibility index (Phi) is 6.14. The summed E-state index contributed by atoms with van der Waals surface area (Å²) in [5, 5.41) is 32.1. The van der Waals surface area contributed by atoms with Crippen LogP contribution in [-0.2, 0) is 6.42 Å². The molecule has 4 N–H and O–H groups in total. The van der Waals surface area contributed by atoms with Crippen molar-refractivity contribution in [3.05, 3.63) is 88.7 Å². The van der Waals surface area contributed by atoms with Gasteiger partial charge in [0.05, 0.1) is 5.56 Å². The minimum atomic E-state index is -0.430. The van der Waals surface area contributed by atoms with E-state index in [1.807, 2.05) is 0 Å². The van der Waals surface area contributed by atoms with Crippen molar-refractivity contribution in [3.63, 3.8) is 0 Å². The van der Waals surface area contributed by atoms with E-state index in [4.69, 9.17) is 0 Å². The van der Waals surface area contributed by atoms with Crippen molar-refractivity contribution in [2.75, 3.05) is 6.54 Å². The Morgan fingerprint density at radius 1 is 0.897 bits per heavy atom. The molecule has 0 aliphatic carbocycles. The zero-order chi connectivity index (χ0) is 20.8. The van der Waals surface area contributed by atoms with Crippen LogP contribution < -0.4 is 5.32 Å². The minimum Gasteiger partial charge on any atom is -0.508 e. The Bertz CT molecular complexity index is 1050. The minimum absolute atomic E-state index is 0.0107. The fraction of sp³-hybridized carbons (Fsp3) is 0.0870. The maximum Gasteiger partial charge on any atom is 0.255 e. The van der Waals surface area contributed by atoms with Crippen molar-refractivity contribution in [3.8, 4) is 17.2 Å². The maximum absolute atomic E-state index is 12.9. The largest absolute Gasteiger partial charge is 0.508 e. The van der Waals surface area contributed by atoms with Gasteiger partial charge in [-0.2, -0.15) is 0 Å².